The van der Waals surface area contributed by atoms with E-state index in [2.05, 4.69) is 10.5 Å². The first-order valence-corrected chi connectivity index (χ1v) is 6.07. The number of nitrogens with zero attached hydrogens (tertiary/aromatic N) is 2. The second-order valence-corrected chi connectivity index (χ2v) is 4.26. The van der Waals surface area contributed by atoms with Crippen LogP contribution in [0.4, 0.5) is 24.5 Å². The monoisotopic (exact) mass is 309 g/mol. The van der Waals surface area contributed by atoms with Gasteiger partial charge in [0.05, 0.1) is 22.4 Å². The van der Waals surface area contributed by atoms with Gasteiger partial charge in [0, 0.05) is 17.7 Å². The fraction of sp³-hybridized carbons (Fsp3) is 0.0714. The Morgan fingerprint density at radius 3 is 2.32 bits per heavy atom. The molecule has 114 valence electrons. The van der Waals surface area contributed by atoms with Crippen molar-refractivity contribution in [3.05, 3.63) is 69.8 Å². The largest absolute Gasteiger partial charge is 0.417 e. The summed E-state index contributed by atoms with van der Waals surface area (Å²) in [5.41, 5.74) is 1.99. The molecule has 0 aliphatic heterocycles. The third-order valence-electron chi connectivity index (χ3n) is 2.74. The Hall–Kier alpha value is -2.90. The topological polar surface area (TPSA) is 67.5 Å². The summed E-state index contributed by atoms with van der Waals surface area (Å²) in [4.78, 5) is 9.94. The van der Waals surface area contributed by atoms with Crippen molar-refractivity contribution < 1.29 is 18.1 Å². The van der Waals surface area contributed by atoms with E-state index in [1.54, 1.807) is 0 Å². The lowest BCUT2D eigenvalue weighted by Gasteiger charge is -2.09. The molecular formula is C14H10F3N3O2. The normalized spacial score (nSPS) is 11.6. The number of halogens is 3. The fourth-order valence-corrected chi connectivity index (χ4v) is 1.70. The Bertz CT molecular complexity index is 697. The van der Waals surface area contributed by atoms with Crippen LogP contribution in [-0.2, 0) is 6.18 Å². The number of benzene rings is 2. The van der Waals surface area contributed by atoms with Crippen molar-refractivity contribution in [2.45, 2.75) is 6.18 Å². The van der Waals surface area contributed by atoms with E-state index in [0.717, 1.165) is 12.3 Å². The van der Waals surface area contributed by atoms with Crippen LogP contribution < -0.4 is 5.43 Å². The third-order valence-corrected chi connectivity index (χ3v) is 2.74. The molecule has 5 nitrogen and oxygen atoms in total. The molecule has 2 rings (SSSR count). The van der Waals surface area contributed by atoms with E-state index in [1.807, 2.05) is 0 Å². The molecule has 0 unspecified atom stereocenters. The van der Waals surface area contributed by atoms with Gasteiger partial charge in [0.1, 0.15) is 0 Å². The summed E-state index contributed by atoms with van der Waals surface area (Å²) in [5.74, 6) is 0. The van der Waals surface area contributed by atoms with Gasteiger partial charge in [0.15, 0.2) is 0 Å². The first kappa shape index (κ1) is 15.5. The van der Waals surface area contributed by atoms with Gasteiger partial charge in [0.2, 0.25) is 0 Å². The standard InChI is InChI=1S/C14H10F3N3O2/c15-14(16,17)13-4-2-1-3-10(13)9-18-19-11-5-7-12(8-6-11)20(21)22/h1-9,19H. The minimum absolute atomic E-state index is 0.0792. The number of hydrazone groups is 1. The molecule has 0 heterocycles. The first-order valence-electron chi connectivity index (χ1n) is 6.07. The number of nitro benzene ring substituents is 1. The third kappa shape index (κ3) is 3.81. The minimum Gasteiger partial charge on any atom is -0.278 e. The molecule has 0 amide bonds. The molecule has 8 heteroatoms. The summed E-state index contributed by atoms with van der Waals surface area (Å²) in [6, 6.07) is 10.4. The van der Waals surface area contributed by atoms with Gasteiger partial charge in [-0.3, -0.25) is 15.5 Å². The number of alkyl halides is 3. The smallest absolute Gasteiger partial charge is 0.278 e. The highest BCUT2D eigenvalue weighted by Crippen LogP contribution is 2.31. The summed E-state index contributed by atoms with van der Waals surface area (Å²) in [7, 11) is 0. The van der Waals surface area contributed by atoms with E-state index >= 15 is 0 Å². The van der Waals surface area contributed by atoms with Gasteiger partial charge in [-0.15, -0.1) is 0 Å². The summed E-state index contributed by atoms with van der Waals surface area (Å²) in [5, 5.41) is 14.2. The van der Waals surface area contributed by atoms with Crippen molar-refractivity contribution in [1.29, 1.82) is 0 Å². The van der Waals surface area contributed by atoms with E-state index in [4.69, 9.17) is 0 Å². The van der Waals surface area contributed by atoms with E-state index in [1.165, 1.54) is 42.5 Å². The highest BCUT2D eigenvalue weighted by atomic mass is 19.4. The maximum absolute atomic E-state index is 12.8. The number of rotatable bonds is 4. The molecule has 0 aliphatic carbocycles. The van der Waals surface area contributed by atoms with Gasteiger partial charge in [-0.2, -0.15) is 18.3 Å². The minimum atomic E-state index is -4.46. The van der Waals surface area contributed by atoms with Crippen LogP contribution in [0.3, 0.4) is 0 Å². The molecule has 0 spiro atoms. The van der Waals surface area contributed by atoms with Crippen molar-refractivity contribution in [3.63, 3.8) is 0 Å². The molecule has 0 aromatic heterocycles. The van der Waals surface area contributed by atoms with Gasteiger partial charge >= 0.3 is 6.18 Å². The molecule has 0 bridgehead atoms. The summed E-state index contributed by atoms with van der Waals surface area (Å²) < 4.78 is 38.3. The molecular weight excluding hydrogens is 299 g/mol. The molecule has 2 aromatic carbocycles. The zero-order valence-corrected chi connectivity index (χ0v) is 11.0. The van der Waals surface area contributed by atoms with Crippen LogP contribution in [0.15, 0.2) is 53.6 Å². The summed E-state index contributed by atoms with van der Waals surface area (Å²) >= 11 is 0. The molecule has 0 aliphatic rings. The quantitative estimate of drug-likeness (QED) is 0.526. The number of nitro groups is 1. The Balaban J connectivity index is 2.12. The van der Waals surface area contributed by atoms with Crippen LogP contribution in [0.5, 0.6) is 0 Å². The maximum Gasteiger partial charge on any atom is 0.417 e. The molecule has 0 saturated carbocycles. The number of hydrogen-bond donors (Lipinski definition) is 1. The zero-order chi connectivity index (χ0) is 16.2. The Kier molecular flexibility index (Phi) is 4.40. The van der Waals surface area contributed by atoms with Gasteiger partial charge in [-0.25, -0.2) is 0 Å². The van der Waals surface area contributed by atoms with Crippen molar-refractivity contribution in [2.75, 3.05) is 5.43 Å². The lowest BCUT2D eigenvalue weighted by Crippen LogP contribution is -2.08. The average Bonchev–Trinajstić information content (AvgIpc) is 2.47. The molecule has 1 N–H and O–H groups in total. The highest BCUT2D eigenvalue weighted by molar-refractivity contribution is 5.82. The van der Waals surface area contributed by atoms with Crippen LogP contribution in [0.1, 0.15) is 11.1 Å². The van der Waals surface area contributed by atoms with E-state index in [-0.39, 0.29) is 11.3 Å². The number of non-ortho nitro benzene ring substituents is 1. The number of nitrogens with one attached hydrogen (secondary N) is 1. The summed E-state index contributed by atoms with van der Waals surface area (Å²) in [6.07, 6.45) is -3.42. The van der Waals surface area contributed by atoms with Crippen molar-refractivity contribution >= 4 is 17.6 Å². The van der Waals surface area contributed by atoms with Crippen LogP contribution in [-0.4, -0.2) is 11.1 Å². The summed E-state index contributed by atoms with van der Waals surface area (Å²) in [6.45, 7) is 0. The van der Waals surface area contributed by atoms with Gasteiger partial charge in [-0.1, -0.05) is 18.2 Å². The number of anilines is 1. The molecule has 0 saturated heterocycles. The van der Waals surface area contributed by atoms with Crippen molar-refractivity contribution in [1.82, 2.24) is 0 Å². The zero-order valence-electron chi connectivity index (χ0n) is 11.0. The lowest BCUT2D eigenvalue weighted by molar-refractivity contribution is -0.384. The predicted octanol–water partition coefficient (Wildman–Crippen LogP) is 4.06. The Labute approximate surface area is 123 Å². The number of hydrogen-bond acceptors (Lipinski definition) is 4. The second-order valence-electron chi connectivity index (χ2n) is 4.26. The fourth-order valence-electron chi connectivity index (χ4n) is 1.70. The average molecular weight is 309 g/mol. The lowest BCUT2D eigenvalue weighted by atomic mass is 10.1. The molecule has 0 fully saturated rings. The second kappa shape index (κ2) is 6.25. The Morgan fingerprint density at radius 2 is 1.73 bits per heavy atom. The molecule has 2 aromatic rings. The van der Waals surface area contributed by atoms with Crippen LogP contribution in [0.2, 0.25) is 0 Å². The van der Waals surface area contributed by atoms with E-state index in [0.29, 0.717) is 5.69 Å². The Morgan fingerprint density at radius 1 is 1.09 bits per heavy atom. The van der Waals surface area contributed by atoms with Crippen molar-refractivity contribution in [2.24, 2.45) is 5.10 Å². The first-order chi connectivity index (χ1) is 10.4. The van der Waals surface area contributed by atoms with E-state index < -0.39 is 16.7 Å². The van der Waals surface area contributed by atoms with Gasteiger partial charge in [0.25, 0.3) is 5.69 Å². The van der Waals surface area contributed by atoms with Gasteiger partial charge in [-0.05, 0) is 18.2 Å². The maximum atomic E-state index is 12.8. The molecule has 22 heavy (non-hydrogen) atoms. The van der Waals surface area contributed by atoms with Crippen LogP contribution in [0, 0.1) is 10.1 Å². The van der Waals surface area contributed by atoms with Gasteiger partial charge < -0.3 is 0 Å². The van der Waals surface area contributed by atoms with Crippen LogP contribution in [0.25, 0.3) is 0 Å². The van der Waals surface area contributed by atoms with Crippen LogP contribution >= 0.6 is 0 Å². The SMILES string of the molecule is O=[N+]([O-])c1ccc(NN=Cc2ccccc2C(F)(F)F)cc1. The van der Waals surface area contributed by atoms with E-state index in [9.17, 15) is 23.3 Å². The molecule has 0 atom stereocenters. The predicted molar refractivity (Wildman–Crippen MR) is 75.8 cm³/mol. The van der Waals surface area contributed by atoms with Crippen molar-refractivity contribution in [3.8, 4) is 0 Å². The highest BCUT2D eigenvalue weighted by Gasteiger charge is 2.32. The molecule has 0 radical (unpaired) electrons.